The minimum absolute atomic E-state index is 0. The van der Waals surface area contributed by atoms with Crippen molar-refractivity contribution in [1.29, 1.82) is 0 Å². The summed E-state index contributed by atoms with van der Waals surface area (Å²) in [5.74, 6) is -3.00. The van der Waals surface area contributed by atoms with Gasteiger partial charge in [0.25, 0.3) is 12.9 Å². The van der Waals surface area contributed by atoms with E-state index in [0.717, 1.165) is 48.4 Å². The number of methoxy groups -OCH3 is 4. The second kappa shape index (κ2) is 161. The fraction of sp³-hybridized carbons (Fsp3) is 0.477. The number of aliphatic hydroxyl groups excluding tert-OH is 6. The number of halogens is 1. The van der Waals surface area contributed by atoms with E-state index in [2.05, 4.69) is 113 Å². The minimum atomic E-state index is -3.03. The van der Waals surface area contributed by atoms with Gasteiger partial charge >= 0.3 is 474 Å². The zero-order chi connectivity index (χ0) is 96.1. The number of allylic oxidation sites excluding steroid dienone is 7. The van der Waals surface area contributed by atoms with Gasteiger partial charge in [0.1, 0.15) is 32.1 Å². The van der Waals surface area contributed by atoms with Crippen LogP contribution in [0.3, 0.4) is 0 Å². The summed E-state index contributed by atoms with van der Waals surface area (Å²) in [5, 5.41) is 86.7. The number of carbonyl (C=O) groups is 11. The standard InChI is InChI=1S/C19H18BrOP.C10H14O3.C8H12O2.C5H10O3.C5H10O2.C5H8O2.C4H9O.C4H8O.C4H10O.2C4H8O.C3H8O2.C3H6O2.C3H6O.C2H4O.2CH2O3.CH4O.Al.5K.Li.Na.6H/c20-22(16-21,17-10-4-1-5-11-17,18-12-6-2-7-13-18)19-14-8-3-9-15-19;1-5-7(3)9(11)13-10(12)8(4)6-2;1-4-6-10-8(9)7(3)5-2;1-3-8-5(6)4-7-2;1-3-5(6)7-4-2;1-3-4(2)5(6)7;1-4(2,3)5;1-3-4-5-2;3*1-2-3-4-5;2*1-5-3-2-4;1-2-3-4;1-2-3;2*2-1-4-3;1-2;;;;;;;;;;;;;;/h1-15,21H,16H2;5-6H,1-4H3;4-6H,1-3H3;3-4H2,1-2H3;3-4H2,1-2H3;3H,1-2H3,(H,6,7);1-3H3;3H,1,4H2,2H3;5H,2-4H2,1H3;2*2-3,5H,4H2,1H3;4H,2-3H2,1H3;2H,3H2,1H3;3H,2H2,1H3;2H,1H3;2*1,3H;2H,1H3;;;;;;;;;;;;;;/q;;;;;;-1;;;;;;;;;;;;;7*+1;;;;3*-1/p-3/b;7-5+,8-6+;6-4+,7-5+;;;4-3+;;;;2*3-2+;;;;;;;;;;;;;;;;;;;;;. The molecule has 0 bridgehead atoms. The van der Waals surface area contributed by atoms with E-state index in [4.69, 9.17) is 50.4 Å². The zero-order valence-corrected chi connectivity index (χ0v) is 102. The summed E-state index contributed by atoms with van der Waals surface area (Å²) in [7, 11) is 7.13. The SMILES string of the molecule is C/C=C(\C)C(=O)OC(=O)/C(C)=C/C.C/C=C(\C)C(=O)[O-].C/C=C/CO.C/C=C/CO.C/C=C/OC(=O)/C(C)=C/C.C=CCOC.CC(C)(C)[O-].CC=O.CCC=O.CCCCO.CCOC(=O)CC.CCOC(=O)COC.CO.COCC=O.COCCO.O=CO[O-].O=CO[O-].OCP(Br)(c1ccccc1)(c1ccccc1)c1ccccc1.[AlH3].[H-].[H-].[H-].[K+].[K+].[K+].[K+].[K+].[Li+].[Na+]. The number of ether oxygens (including phenoxy) is 8. The van der Waals surface area contributed by atoms with Gasteiger partial charge in [0.2, 0.25) is 0 Å². The molecule has 3 rings (SSSR count). The second-order valence-electron chi connectivity index (χ2n) is 21.4. The Balaban J connectivity index is -0.0000000379. The maximum Gasteiger partial charge on any atom is 1.00 e. The molecule has 0 fully saturated rings. The monoisotopic (exact) mass is 2040 g/mol. The summed E-state index contributed by atoms with van der Waals surface area (Å²) in [6.45, 7) is 40.5. The third kappa shape index (κ3) is 161. The average molecular weight is 2040 g/mol. The quantitative estimate of drug-likeness (QED) is 0.00353. The molecule has 6 N–H and O–H groups in total. The molecule has 127 heavy (non-hydrogen) atoms. The molecule has 31 nitrogen and oxygen atoms in total. The van der Waals surface area contributed by atoms with Gasteiger partial charge in [-0.15, -0.1) is 12.2 Å². The van der Waals surface area contributed by atoms with Crippen LogP contribution >= 0.6 is 20.8 Å². The van der Waals surface area contributed by atoms with Crippen molar-refractivity contribution in [1.82, 2.24) is 0 Å². The van der Waals surface area contributed by atoms with Gasteiger partial charge in [0.05, 0.1) is 58.5 Å². The molecule has 0 saturated heterocycles. The number of hydrogen-bond donors (Lipinski definition) is 6. The van der Waals surface area contributed by atoms with Crippen LogP contribution in [0.25, 0.3) is 0 Å². The number of rotatable bonds is 27. The summed E-state index contributed by atoms with van der Waals surface area (Å²) in [4.78, 5) is 113. The Bertz CT molecular complexity index is 2850. The predicted molar refractivity (Wildman–Crippen MR) is 480 cm³/mol. The van der Waals surface area contributed by atoms with E-state index in [1.165, 1.54) is 40.4 Å². The third-order valence-corrected chi connectivity index (χ3v) is 20.1. The Labute approximate surface area is 1030 Å². The molecule has 41 heteroatoms. The van der Waals surface area contributed by atoms with Gasteiger partial charge in [0.15, 0.2) is 17.4 Å². The summed E-state index contributed by atoms with van der Waals surface area (Å²) < 4.78 is 36.1. The molecule has 702 valence electrons. The number of aliphatic carboxylic acids is 1. The molecule has 0 aromatic heterocycles. The van der Waals surface area contributed by atoms with Crippen LogP contribution in [0.2, 0.25) is 0 Å². The van der Waals surface area contributed by atoms with Crippen molar-refractivity contribution in [3.05, 3.63) is 187 Å². The molecule has 0 unspecified atom stereocenters. The fourth-order valence-corrected chi connectivity index (χ4v) is 11.0. The number of carbonyl (C=O) groups excluding carboxylic acids is 11. The Kier molecular flexibility index (Phi) is 238. The first-order chi connectivity index (χ1) is 56.4. The van der Waals surface area contributed by atoms with E-state index in [1.54, 1.807) is 166 Å². The molecule has 3 aromatic carbocycles. The number of aldehydes is 3. The molecule has 0 atom stereocenters. The largest absolute Gasteiger partial charge is 1.00 e. The Morgan fingerprint density at radius 2 is 0.827 bits per heavy atom. The van der Waals surface area contributed by atoms with Gasteiger partial charge < -0.3 is 117 Å². The molecule has 0 aliphatic carbocycles. The van der Waals surface area contributed by atoms with E-state index in [-0.39, 0.29) is 403 Å². The minimum Gasteiger partial charge on any atom is -1.00 e. The summed E-state index contributed by atoms with van der Waals surface area (Å²) >= 11 is 4.10. The summed E-state index contributed by atoms with van der Waals surface area (Å²) in [6.07, 6.45) is 23.7. The number of unbranched alkanes of at least 4 members (excludes halogenated alkanes) is 1. The van der Waals surface area contributed by atoms with Crippen LogP contribution in [0.4, 0.5) is 0 Å². The van der Waals surface area contributed by atoms with Gasteiger partial charge in [-0.05, 0) is 109 Å². The van der Waals surface area contributed by atoms with Crippen molar-refractivity contribution >= 4 is 122 Å². The van der Waals surface area contributed by atoms with Crippen molar-refractivity contribution in [2.24, 2.45) is 0 Å². The molecular formula is C86H150AlBrK5LiNaO31P. The molecule has 0 spiro atoms. The molecule has 0 heterocycles. The number of carboxylic acid groups (broad SMARTS) is 1. The van der Waals surface area contributed by atoms with Gasteiger partial charge in [0, 0.05) is 71.7 Å². The first-order valence-corrected chi connectivity index (χ1v) is 41.1. The Morgan fingerprint density at radius 3 is 0.953 bits per heavy atom. The van der Waals surface area contributed by atoms with Gasteiger partial charge in [-0.2, -0.15) is 0 Å². The summed E-state index contributed by atoms with van der Waals surface area (Å²) in [6, 6.07) is 30.8. The first-order valence-electron chi connectivity index (χ1n) is 36.6. The maximum absolute atomic E-state index is 11.1. The Hall–Kier alpha value is 1.25. The van der Waals surface area contributed by atoms with Crippen LogP contribution in [0, 0.1) is 0 Å². The van der Waals surface area contributed by atoms with Crippen LogP contribution in [0.15, 0.2) is 187 Å². The predicted octanol–water partition coefficient (Wildman–Crippen LogP) is -13.6. The average Bonchev–Trinajstić information content (AvgIpc) is 0.711. The molecule has 0 saturated carbocycles. The van der Waals surface area contributed by atoms with Crippen LogP contribution in [-0.4, -0.2) is 229 Å². The van der Waals surface area contributed by atoms with Crippen molar-refractivity contribution in [2.45, 2.75) is 170 Å². The van der Waals surface area contributed by atoms with Gasteiger partial charge in [-0.1, -0.05) is 109 Å². The van der Waals surface area contributed by atoms with E-state index >= 15 is 0 Å². The van der Waals surface area contributed by atoms with Crippen LogP contribution in [0.5, 0.6) is 0 Å². The van der Waals surface area contributed by atoms with Crippen molar-refractivity contribution in [3.63, 3.8) is 0 Å². The van der Waals surface area contributed by atoms with E-state index in [1.807, 2.05) is 75.4 Å². The number of hydrogen-bond acceptors (Lipinski definition) is 31. The zero-order valence-electron chi connectivity index (χ0n) is 84.9. The van der Waals surface area contributed by atoms with E-state index in [0.29, 0.717) is 68.9 Å². The van der Waals surface area contributed by atoms with Crippen molar-refractivity contribution < 1.29 is 461 Å². The molecule has 0 radical (unpaired) electrons. The van der Waals surface area contributed by atoms with E-state index < -0.39 is 28.8 Å². The van der Waals surface area contributed by atoms with Crippen molar-refractivity contribution in [2.75, 3.05) is 108 Å². The second-order valence-corrected chi connectivity index (χ2v) is 30.3. The summed E-state index contributed by atoms with van der Waals surface area (Å²) in [5.41, 5.74) is 1.01. The first kappa shape index (κ1) is 187. The van der Waals surface area contributed by atoms with Crippen LogP contribution in [-0.2, 0) is 100 Å². The fourth-order valence-electron chi connectivity index (χ4n) is 5.08. The van der Waals surface area contributed by atoms with Crippen LogP contribution < -0.4 is 342 Å². The number of esters is 5. The van der Waals surface area contributed by atoms with E-state index in [9.17, 15) is 53.7 Å². The van der Waals surface area contributed by atoms with Gasteiger partial charge in [-0.3, -0.25) is 14.4 Å². The van der Waals surface area contributed by atoms with Gasteiger partial charge in [-0.25, -0.2) is 19.2 Å². The topological polar surface area (TPSA) is 494 Å². The number of benzene rings is 3. The maximum atomic E-state index is 11.1. The molecule has 0 aliphatic heterocycles. The third-order valence-electron chi connectivity index (χ3n) is 11.1. The molecule has 0 aliphatic rings. The molecule has 3 aromatic rings. The molecule has 0 amide bonds. The molecular weight excluding hydrogens is 1890 g/mol. The number of carboxylic acids is 1. The Morgan fingerprint density at radius 1 is 0.520 bits per heavy atom. The van der Waals surface area contributed by atoms with Crippen molar-refractivity contribution in [3.8, 4) is 0 Å². The number of aliphatic hydroxyl groups is 6. The smallest absolute Gasteiger partial charge is 1.00 e. The van der Waals surface area contributed by atoms with Crippen LogP contribution in [0.1, 0.15) is 168 Å². The normalized spacial score (nSPS) is 9.36.